The van der Waals surface area contributed by atoms with E-state index >= 15 is 4.39 Å². The van der Waals surface area contributed by atoms with Crippen LogP contribution in [0.5, 0.6) is 0 Å². The zero-order chi connectivity index (χ0) is 30.2. The first kappa shape index (κ1) is 30.1. The molecule has 8 nitrogen and oxygen atoms in total. The Bertz CT molecular complexity index is 1570. The summed E-state index contributed by atoms with van der Waals surface area (Å²) in [5, 5.41) is 22.8. The third-order valence-electron chi connectivity index (χ3n) is 7.51. The molecule has 4 aromatic rings. The van der Waals surface area contributed by atoms with Gasteiger partial charge in [0.25, 0.3) is 5.91 Å². The molecule has 1 aliphatic heterocycles. The van der Waals surface area contributed by atoms with Crippen molar-refractivity contribution in [1.29, 1.82) is 0 Å². The van der Waals surface area contributed by atoms with E-state index in [0.29, 0.717) is 35.1 Å². The number of nitrogens with zero attached hydrogens (tertiary/aromatic N) is 4. The largest absolute Gasteiger partial charge is 0.387 e. The van der Waals surface area contributed by atoms with E-state index in [9.17, 15) is 15.0 Å². The number of imidazole rings is 1. The number of fused-ring (bicyclic) bond motifs is 1. The van der Waals surface area contributed by atoms with E-state index in [1.165, 1.54) is 30.2 Å². The van der Waals surface area contributed by atoms with Crippen molar-refractivity contribution < 1.29 is 24.1 Å². The Morgan fingerprint density at radius 2 is 1.86 bits per heavy atom. The Hall–Kier alpha value is -3.34. The number of amides is 1. The Morgan fingerprint density at radius 3 is 2.40 bits per heavy atom. The molecular formula is C31H31Cl2FN4O4. The number of aryl methyl sites for hydroxylation is 2. The molecule has 2 atom stereocenters. The number of hydrogen-bond donors (Lipinski definition) is 2. The molecule has 0 radical (unpaired) electrons. The summed E-state index contributed by atoms with van der Waals surface area (Å²) in [6.45, 7) is 3.34. The predicted octanol–water partition coefficient (Wildman–Crippen LogP) is 5.71. The standard InChI is InChI=1S/C25H26ClFN4O4.C6H5Cl/c1-14-29-20(12-30(14)3)24(2,33)15-8-18-21(19(27)9-15)23(35-13-25(34)6-7-25)31(22(18)32)11-17-5-4-16(26)10-28-17;7-6-4-2-1-3-5-6/h4-5,8-10,12,23,33-34H,6-7,11,13H2,1-3H3;1-5H. The maximum atomic E-state index is 15.6. The van der Waals surface area contributed by atoms with Crippen LogP contribution in [0.1, 0.15) is 64.7 Å². The van der Waals surface area contributed by atoms with Crippen LogP contribution in [0.3, 0.4) is 0 Å². The molecule has 2 N–H and O–H groups in total. The first-order chi connectivity index (χ1) is 19.9. The van der Waals surface area contributed by atoms with Crippen molar-refractivity contribution in [1.82, 2.24) is 19.4 Å². The molecule has 3 heterocycles. The molecule has 2 aromatic heterocycles. The van der Waals surface area contributed by atoms with Gasteiger partial charge in [-0.3, -0.25) is 9.78 Å². The molecule has 220 valence electrons. The minimum atomic E-state index is -1.63. The van der Waals surface area contributed by atoms with Gasteiger partial charge >= 0.3 is 0 Å². The zero-order valence-electron chi connectivity index (χ0n) is 23.4. The molecule has 0 spiro atoms. The molecule has 1 amide bonds. The lowest BCUT2D eigenvalue weighted by Gasteiger charge is -2.26. The highest BCUT2D eigenvalue weighted by Gasteiger charge is 2.46. The summed E-state index contributed by atoms with van der Waals surface area (Å²) in [7, 11) is 1.80. The second-order valence-corrected chi connectivity index (χ2v) is 11.7. The highest BCUT2D eigenvalue weighted by atomic mass is 35.5. The van der Waals surface area contributed by atoms with Gasteiger partial charge in [-0.05, 0) is 68.7 Å². The van der Waals surface area contributed by atoms with Gasteiger partial charge in [0.1, 0.15) is 17.2 Å². The maximum absolute atomic E-state index is 15.6. The Morgan fingerprint density at radius 1 is 1.14 bits per heavy atom. The molecule has 2 aromatic carbocycles. The van der Waals surface area contributed by atoms with Crippen LogP contribution in [-0.2, 0) is 23.9 Å². The van der Waals surface area contributed by atoms with E-state index in [-0.39, 0.29) is 29.8 Å². The Labute approximate surface area is 253 Å². The van der Waals surface area contributed by atoms with Gasteiger partial charge in [0, 0.05) is 30.0 Å². The lowest BCUT2D eigenvalue weighted by atomic mass is 9.90. The molecule has 42 heavy (non-hydrogen) atoms. The second-order valence-electron chi connectivity index (χ2n) is 10.9. The Kier molecular flexibility index (Phi) is 8.42. The van der Waals surface area contributed by atoms with Crippen molar-refractivity contribution in [3.63, 3.8) is 0 Å². The summed E-state index contributed by atoms with van der Waals surface area (Å²) >= 11 is 11.5. The summed E-state index contributed by atoms with van der Waals surface area (Å²) in [5.74, 6) is -0.456. The number of rotatable bonds is 7. The number of carbonyl (C=O) groups excluding carboxylic acids is 1. The van der Waals surface area contributed by atoms with Crippen molar-refractivity contribution in [3.8, 4) is 0 Å². The normalized spacial score (nSPS) is 18.2. The molecular weight excluding hydrogens is 582 g/mol. The number of pyridine rings is 1. The minimum absolute atomic E-state index is 0.0267. The van der Waals surface area contributed by atoms with Crippen LogP contribution in [0.2, 0.25) is 10.0 Å². The first-order valence-electron chi connectivity index (χ1n) is 13.4. The lowest BCUT2D eigenvalue weighted by Crippen LogP contribution is -2.31. The molecule has 0 bridgehead atoms. The van der Waals surface area contributed by atoms with E-state index in [4.69, 9.17) is 27.9 Å². The summed E-state index contributed by atoms with van der Waals surface area (Å²) in [6.07, 6.45) is 3.28. The molecule has 2 aliphatic rings. The van der Waals surface area contributed by atoms with Crippen molar-refractivity contribution in [2.45, 2.75) is 50.7 Å². The van der Waals surface area contributed by atoms with Crippen LogP contribution in [0.15, 0.2) is 67.0 Å². The van der Waals surface area contributed by atoms with Crippen LogP contribution in [-0.4, -0.2) is 47.8 Å². The van der Waals surface area contributed by atoms with Gasteiger partial charge in [-0.15, -0.1) is 0 Å². The molecule has 1 saturated carbocycles. The van der Waals surface area contributed by atoms with Gasteiger partial charge < -0.3 is 24.4 Å². The van der Waals surface area contributed by atoms with Gasteiger partial charge in [-0.2, -0.15) is 0 Å². The SMILES string of the molecule is Cc1nc(C(C)(O)c2cc(F)c3c(c2)C(=O)N(Cc2ccc(Cl)cn2)C3OCC2(O)CC2)cn1C.Clc1ccccc1. The zero-order valence-corrected chi connectivity index (χ0v) is 24.9. The van der Waals surface area contributed by atoms with Crippen LogP contribution >= 0.6 is 23.2 Å². The van der Waals surface area contributed by atoms with Crippen LogP contribution in [0, 0.1) is 12.7 Å². The molecule has 6 rings (SSSR count). The van der Waals surface area contributed by atoms with E-state index < -0.39 is 29.2 Å². The average molecular weight is 614 g/mol. The number of ether oxygens (including phenoxy) is 1. The average Bonchev–Trinajstić information content (AvgIpc) is 3.50. The lowest BCUT2D eigenvalue weighted by molar-refractivity contribution is -0.0814. The summed E-state index contributed by atoms with van der Waals surface area (Å²) in [6, 6.07) is 15.5. The summed E-state index contributed by atoms with van der Waals surface area (Å²) in [4.78, 5) is 23.5. The number of aliphatic hydroxyl groups is 2. The van der Waals surface area contributed by atoms with Gasteiger partial charge in [0.05, 0.1) is 40.7 Å². The van der Waals surface area contributed by atoms with E-state index in [0.717, 1.165) is 5.02 Å². The van der Waals surface area contributed by atoms with Crippen molar-refractivity contribution >= 4 is 29.1 Å². The smallest absolute Gasteiger partial charge is 0.257 e. The summed E-state index contributed by atoms with van der Waals surface area (Å²) in [5.41, 5.74) is -1.33. The number of carbonyl (C=O) groups is 1. The molecule has 11 heteroatoms. The third kappa shape index (κ3) is 6.35. The molecule has 1 aliphatic carbocycles. The predicted molar refractivity (Wildman–Crippen MR) is 156 cm³/mol. The van der Waals surface area contributed by atoms with Crippen LogP contribution < -0.4 is 0 Å². The van der Waals surface area contributed by atoms with E-state index in [2.05, 4.69) is 9.97 Å². The molecule has 0 saturated heterocycles. The van der Waals surface area contributed by atoms with Gasteiger partial charge in [0.15, 0.2) is 6.23 Å². The van der Waals surface area contributed by atoms with Gasteiger partial charge in [-0.25, -0.2) is 9.37 Å². The van der Waals surface area contributed by atoms with Crippen molar-refractivity contribution in [2.75, 3.05) is 6.61 Å². The van der Waals surface area contributed by atoms with Gasteiger partial charge in [0.2, 0.25) is 0 Å². The van der Waals surface area contributed by atoms with Crippen molar-refractivity contribution in [2.24, 2.45) is 7.05 Å². The quantitative estimate of drug-likeness (QED) is 0.277. The number of aromatic nitrogens is 3. The van der Waals surface area contributed by atoms with Crippen molar-refractivity contribution in [3.05, 3.63) is 117 Å². The highest BCUT2D eigenvalue weighted by molar-refractivity contribution is 6.30. The number of benzene rings is 2. The third-order valence-corrected chi connectivity index (χ3v) is 7.99. The fraction of sp³-hybridized carbons (Fsp3) is 0.323. The topological polar surface area (TPSA) is 101 Å². The maximum Gasteiger partial charge on any atom is 0.257 e. The van der Waals surface area contributed by atoms with E-state index in [1.54, 1.807) is 36.9 Å². The molecule has 1 fully saturated rings. The fourth-order valence-corrected chi connectivity index (χ4v) is 4.88. The highest BCUT2D eigenvalue weighted by Crippen LogP contribution is 2.43. The minimum Gasteiger partial charge on any atom is -0.387 e. The first-order valence-corrected chi connectivity index (χ1v) is 14.2. The second kappa shape index (κ2) is 11.7. The number of halogens is 3. The van der Waals surface area contributed by atoms with Gasteiger partial charge in [-0.1, -0.05) is 41.4 Å². The molecule has 2 unspecified atom stereocenters. The van der Waals surface area contributed by atoms with Crippen LogP contribution in [0.25, 0.3) is 0 Å². The number of hydrogen-bond acceptors (Lipinski definition) is 6. The monoisotopic (exact) mass is 612 g/mol. The fourth-order valence-electron chi connectivity index (χ4n) is 4.63. The van der Waals surface area contributed by atoms with E-state index in [1.807, 2.05) is 30.3 Å². The summed E-state index contributed by atoms with van der Waals surface area (Å²) < 4.78 is 23.3. The Balaban J connectivity index is 0.000000442. The van der Waals surface area contributed by atoms with Crippen LogP contribution in [0.4, 0.5) is 4.39 Å².